The zero-order valence-electron chi connectivity index (χ0n) is 19.7. The van der Waals surface area contributed by atoms with Gasteiger partial charge in [-0.25, -0.2) is 9.18 Å². The monoisotopic (exact) mass is 546 g/mol. The molecule has 0 aliphatic heterocycles. The van der Waals surface area contributed by atoms with Gasteiger partial charge in [0.1, 0.15) is 11.6 Å². The van der Waals surface area contributed by atoms with Crippen molar-refractivity contribution >= 4 is 17.5 Å². The summed E-state index contributed by atoms with van der Waals surface area (Å²) in [6.07, 6.45) is -3.39. The highest BCUT2D eigenvalue weighted by atomic mass is 35.5. The molecule has 0 atom stereocenters. The Hall–Kier alpha value is -4.12. The number of ether oxygens (including phenoxy) is 1. The number of alkyl halides is 3. The van der Waals surface area contributed by atoms with E-state index in [9.17, 15) is 27.2 Å². The highest BCUT2D eigenvalue weighted by molar-refractivity contribution is 6.33. The van der Waals surface area contributed by atoms with E-state index in [4.69, 9.17) is 16.3 Å². The second-order valence-electron chi connectivity index (χ2n) is 8.78. The van der Waals surface area contributed by atoms with Crippen molar-refractivity contribution in [1.29, 1.82) is 0 Å². The van der Waals surface area contributed by atoms with Gasteiger partial charge in [0, 0.05) is 0 Å². The molecule has 0 bridgehead atoms. The van der Waals surface area contributed by atoms with Crippen LogP contribution in [0.25, 0.3) is 17.1 Å². The van der Waals surface area contributed by atoms with Gasteiger partial charge in [0.15, 0.2) is 5.82 Å². The number of aromatic nitrogens is 3. The van der Waals surface area contributed by atoms with Crippen molar-refractivity contribution in [3.05, 3.63) is 98.7 Å². The van der Waals surface area contributed by atoms with Crippen molar-refractivity contribution < 1.29 is 27.1 Å². The third kappa shape index (κ3) is 4.65. The number of H-pyrrole nitrogens is 1. The number of halogens is 5. The Morgan fingerprint density at radius 2 is 1.84 bits per heavy atom. The van der Waals surface area contributed by atoms with Crippen LogP contribution in [0.2, 0.25) is 5.02 Å². The van der Waals surface area contributed by atoms with Crippen molar-refractivity contribution in [3.8, 4) is 22.8 Å². The van der Waals surface area contributed by atoms with Crippen molar-refractivity contribution in [3.63, 3.8) is 0 Å². The molecule has 1 aliphatic rings. The van der Waals surface area contributed by atoms with Gasteiger partial charge in [-0.1, -0.05) is 29.8 Å². The maximum atomic E-state index is 14.4. The summed E-state index contributed by atoms with van der Waals surface area (Å²) >= 11 is 6.09. The Kier molecular flexibility index (Phi) is 6.26. The van der Waals surface area contributed by atoms with Crippen LogP contribution in [0, 0.1) is 5.82 Å². The molecule has 7 nitrogen and oxygen atoms in total. The first-order valence-electron chi connectivity index (χ1n) is 11.3. The smallest absolute Gasteiger partial charge is 0.416 e. The quantitative estimate of drug-likeness (QED) is 0.314. The summed E-state index contributed by atoms with van der Waals surface area (Å²) in [5.41, 5.74) is -1.57. The average molecular weight is 547 g/mol. The molecule has 0 unspecified atom stereocenters. The molecule has 0 saturated heterocycles. The molecule has 12 heteroatoms. The maximum absolute atomic E-state index is 14.4. The number of methoxy groups -OCH3 is 1. The van der Waals surface area contributed by atoms with Gasteiger partial charge in [-0.3, -0.25) is 9.78 Å². The summed E-state index contributed by atoms with van der Waals surface area (Å²) in [6.45, 7) is 0. The fourth-order valence-corrected chi connectivity index (χ4v) is 4.47. The van der Waals surface area contributed by atoms with Crippen LogP contribution < -0.4 is 15.7 Å². The molecule has 1 saturated carbocycles. The van der Waals surface area contributed by atoms with E-state index in [1.54, 1.807) is 0 Å². The minimum absolute atomic E-state index is 0.0543. The van der Waals surface area contributed by atoms with Crippen molar-refractivity contribution in [2.75, 3.05) is 7.11 Å². The lowest BCUT2D eigenvalue weighted by Crippen LogP contribution is -2.35. The summed E-state index contributed by atoms with van der Waals surface area (Å²) < 4.78 is 59.5. The normalized spacial score (nSPS) is 14.3. The van der Waals surface area contributed by atoms with E-state index in [0.29, 0.717) is 18.4 Å². The number of carbonyl (C=O) groups is 1. The predicted octanol–water partition coefficient (Wildman–Crippen LogP) is 5.47. The molecule has 3 aromatic carbocycles. The summed E-state index contributed by atoms with van der Waals surface area (Å²) in [5.74, 6) is -1.12. The molecule has 38 heavy (non-hydrogen) atoms. The van der Waals surface area contributed by atoms with Crippen LogP contribution >= 0.6 is 11.6 Å². The van der Waals surface area contributed by atoms with Crippen molar-refractivity contribution in [2.24, 2.45) is 0 Å². The lowest BCUT2D eigenvalue weighted by molar-refractivity contribution is -0.137. The van der Waals surface area contributed by atoms with E-state index in [2.05, 4.69) is 15.4 Å². The van der Waals surface area contributed by atoms with Gasteiger partial charge >= 0.3 is 11.9 Å². The van der Waals surface area contributed by atoms with Crippen LogP contribution in [-0.2, 0) is 11.7 Å². The van der Waals surface area contributed by atoms with Gasteiger partial charge in [-0.05, 0) is 60.9 Å². The number of nitrogens with one attached hydrogen (secondary N) is 2. The van der Waals surface area contributed by atoms with Crippen LogP contribution in [0.4, 0.5) is 17.6 Å². The van der Waals surface area contributed by atoms with Gasteiger partial charge in [-0.2, -0.15) is 17.9 Å². The van der Waals surface area contributed by atoms with E-state index >= 15 is 0 Å². The highest BCUT2D eigenvalue weighted by Gasteiger charge is 2.46. The number of carbonyl (C=O) groups excluding carboxylic acids is 1. The Morgan fingerprint density at radius 3 is 2.45 bits per heavy atom. The minimum atomic E-state index is -4.46. The molecule has 4 aromatic rings. The lowest BCUT2D eigenvalue weighted by atomic mass is 10.0. The zero-order chi connectivity index (χ0) is 27.2. The molecule has 1 aliphatic carbocycles. The number of aromatic amines is 1. The van der Waals surface area contributed by atoms with Crippen LogP contribution in [0.1, 0.15) is 34.3 Å². The summed E-state index contributed by atoms with van der Waals surface area (Å²) in [7, 11) is 1.37. The van der Waals surface area contributed by atoms with Crippen molar-refractivity contribution in [1.82, 2.24) is 20.1 Å². The summed E-state index contributed by atoms with van der Waals surface area (Å²) in [5, 5.41) is 7.09. The Balaban J connectivity index is 1.46. The van der Waals surface area contributed by atoms with Crippen LogP contribution in [0.5, 0.6) is 5.75 Å². The van der Waals surface area contributed by atoms with Gasteiger partial charge in [0.05, 0.1) is 40.0 Å². The molecule has 0 radical (unpaired) electrons. The first-order valence-corrected chi connectivity index (χ1v) is 11.7. The van der Waals surface area contributed by atoms with E-state index in [1.165, 1.54) is 55.6 Å². The van der Waals surface area contributed by atoms with Crippen LogP contribution in [0.3, 0.4) is 0 Å². The standard InChI is InChI=1S/C26H19ClF4N4O3/c1-38-20-10-9-16(35-24(37)32-22(34-35)21-18(27)3-2-4-19(21)28)13-17(20)23(36)33-25(11-12-25)14-5-7-15(8-6-14)26(29,30)31/h2-10,13H,11-12H2,1H3,(H,33,36)(H,32,34,37). The largest absolute Gasteiger partial charge is 0.496 e. The van der Waals surface area contributed by atoms with Gasteiger partial charge in [-0.15, -0.1) is 5.10 Å². The zero-order valence-corrected chi connectivity index (χ0v) is 20.5. The van der Waals surface area contributed by atoms with E-state index in [1.807, 2.05) is 0 Å². The second-order valence-corrected chi connectivity index (χ2v) is 9.19. The maximum Gasteiger partial charge on any atom is 0.416 e. The lowest BCUT2D eigenvalue weighted by Gasteiger charge is -2.20. The summed E-state index contributed by atoms with van der Waals surface area (Å²) in [4.78, 5) is 28.4. The minimum Gasteiger partial charge on any atom is -0.496 e. The van der Waals surface area contributed by atoms with Gasteiger partial charge in [0.25, 0.3) is 5.91 Å². The van der Waals surface area contributed by atoms with E-state index < -0.39 is 34.7 Å². The van der Waals surface area contributed by atoms with E-state index in [0.717, 1.165) is 16.8 Å². The number of hydrogen-bond acceptors (Lipinski definition) is 4. The SMILES string of the molecule is COc1ccc(-n2nc(-c3c(F)cccc3Cl)[nH]c2=O)cc1C(=O)NC1(c2ccc(C(F)(F)F)cc2)CC1. The number of amides is 1. The topological polar surface area (TPSA) is 89.0 Å². The molecule has 1 aromatic heterocycles. The van der Waals surface area contributed by atoms with Crippen LogP contribution in [0.15, 0.2) is 65.5 Å². The molecule has 5 rings (SSSR count). The molecule has 196 valence electrons. The number of nitrogens with zero attached hydrogens (tertiary/aromatic N) is 2. The molecular formula is C26H19ClF4N4O3. The first kappa shape index (κ1) is 25.5. The summed E-state index contributed by atoms with van der Waals surface area (Å²) in [6, 6.07) is 13.1. The Morgan fingerprint density at radius 1 is 1.13 bits per heavy atom. The third-order valence-electron chi connectivity index (χ3n) is 6.36. The number of hydrogen-bond donors (Lipinski definition) is 2. The number of rotatable bonds is 6. The molecular weight excluding hydrogens is 528 g/mol. The molecule has 1 amide bonds. The highest BCUT2D eigenvalue weighted by Crippen LogP contribution is 2.46. The molecule has 1 heterocycles. The average Bonchev–Trinajstić information content (AvgIpc) is 3.56. The van der Waals surface area contributed by atoms with Gasteiger partial charge < -0.3 is 10.1 Å². The Labute approximate surface area is 218 Å². The fourth-order valence-electron chi connectivity index (χ4n) is 4.22. The fraction of sp³-hybridized carbons (Fsp3) is 0.192. The molecule has 2 N–H and O–H groups in total. The first-order chi connectivity index (χ1) is 18.0. The van der Waals surface area contributed by atoms with E-state index in [-0.39, 0.29) is 33.4 Å². The molecule has 1 fully saturated rings. The predicted molar refractivity (Wildman–Crippen MR) is 131 cm³/mol. The van der Waals surface area contributed by atoms with Crippen molar-refractivity contribution in [2.45, 2.75) is 24.6 Å². The number of benzene rings is 3. The third-order valence-corrected chi connectivity index (χ3v) is 6.67. The van der Waals surface area contributed by atoms with Gasteiger partial charge in [0.2, 0.25) is 0 Å². The molecule has 0 spiro atoms. The second kappa shape index (κ2) is 9.32. The Bertz CT molecular complexity index is 1570. The van der Waals surface area contributed by atoms with Crippen LogP contribution in [-0.4, -0.2) is 27.8 Å².